The Labute approximate surface area is 176 Å². The van der Waals surface area contributed by atoms with E-state index in [1.165, 1.54) is 30.4 Å². The highest BCUT2D eigenvalue weighted by Gasteiger charge is 2.20. The lowest BCUT2D eigenvalue weighted by atomic mass is 9.85. The molecule has 1 aliphatic rings. The first-order chi connectivity index (χ1) is 12.9. The maximum absolute atomic E-state index is 9.30. The number of hydrogen-bond acceptors (Lipinski definition) is 3. The summed E-state index contributed by atoms with van der Waals surface area (Å²) >= 11 is 0. The third kappa shape index (κ3) is 6.72. The largest absolute Gasteiger partial charge is 0.508 e. The molecule has 0 atom stereocenters. The van der Waals surface area contributed by atoms with Crippen molar-refractivity contribution in [3.63, 3.8) is 0 Å². The fourth-order valence-electron chi connectivity index (χ4n) is 3.72. The van der Waals surface area contributed by atoms with Crippen molar-refractivity contribution in [2.24, 2.45) is 5.92 Å². The lowest BCUT2D eigenvalue weighted by Crippen LogP contribution is -2.37. The summed E-state index contributed by atoms with van der Waals surface area (Å²) in [6, 6.07) is 16.2. The maximum Gasteiger partial charge on any atom is 0.119 e. The van der Waals surface area contributed by atoms with E-state index in [4.69, 9.17) is 4.74 Å². The Morgan fingerprint density at radius 3 is 2.14 bits per heavy atom. The molecule has 0 amide bonds. The Balaban J connectivity index is 0.00000280. The van der Waals surface area contributed by atoms with E-state index >= 15 is 0 Å². The highest BCUT2D eigenvalue weighted by atomic mass is 35.5. The number of aromatic hydroxyl groups is 1. The zero-order valence-corrected chi connectivity index (χ0v) is 18.2. The van der Waals surface area contributed by atoms with Crippen LogP contribution >= 0.6 is 12.4 Å². The van der Waals surface area contributed by atoms with Gasteiger partial charge in [0.15, 0.2) is 0 Å². The van der Waals surface area contributed by atoms with E-state index in [-0.39, 0.29) is 23.6 Å². The van der Waals surface area contributed by atoms with E-state index in [9.17, 15) is 5.11 Å². The van der Waals surface area contributed by atoms with Crippen LogP contribution in [-0.4, -0.2) is 36.2 Å². The number of likely N-dealkylation sites (tertiary alicyclic amines) is 1. The molecule has 1 saturated heterocycles. The van der Waals surface area contributed by atoms with Gasteiger partial charge in [0, 0.05) is 6.54 Å². The summed E-state index contributed by atoms with van der Waals surface area (Å²) in [6.07, 6.45) is 3.72. The molecule has 0 radical (unpaired) electrons. The monoisotopic (exact) mass is 403 g/mol. The molecule has 154 valence electrons. The third-order valence-corrected chi connectivity index (χ3v) is 5.56. The first-order valence-corrected chi connectivity index (χ1v) is 10.1. The van der Waals surface area contributed by atoms with E-state index in [0.717, 1.165) is 31.3 Å². The fourth-order valence-corrected chi connectivity index (χ4v) is 3.72. The van der Waals surface area contributed by atoms with Crippen LogP contribution in [0, 0.1) is 5.92 Å². The van der Waals surface area contributed by atoms with Crippen molar-refractivity contribution in [1.29, 1.82) is 0 Å². The molecule has 3 nitrogen and oxygen atoms in total. The van der Waals surface area contributed by atoms with Crippen molar-refractivity contribution >= 4 is 12.4 Å². The summed E-state index contributed by atoms with van der Waals surface area (Å²) in [4.78, 5) is 2.50. The minimum absolute atomic E-state index is 0. The van der Waals surface area contributed by atoms with Crippen molar-refractivity contribution < 1.29 is 9.84 Å². The summed E-state index contributed by atoms with van der Waals surface area (Å²) in [5, 5.41) is 9.30. The number of ether oxygens (including phenoxy) is 1. The van der Waals surface area contributed by atoms with Crippen LogP contribution in [0.5, 0.6) is 11.5 Å². The summed E-state index contributed by atoms with van der Waals surface area (Å²) in [5.41, 5.74) is 3.11. The van der Waals surface area contributed by atoms with Gasteiger partial charge < -0.3 is 9.84 Å². The summed E-state index contributed by atoms with van der Waals surface area (Å²) in [7, 11) is 0. The van der Waals surface area contributed by atoms with Gasteiger partial charge in [-0.15, -0.1) is 12.4 Å². The second kappa shape index (κ2) is 10.2. The first kappa shape index (κ1) is 22.6. The molecule has 0 bridgehead atoms. The van der Waals surface area contributed by atoms with Crippen LogP contribution in [0.25, 0.3) is 0 Å². The van der Waals surface area contributed by atoms with Gasteiger partial charge in [-0.2, -0.15) is 0 Å². The van der Waals surface area contributed by atoms with E-state index in [2.05, 4.69) is 49.9 Å². The molecule has 3 rings (SSSR count). The second-order valence-electron chi connectivity index (χ2n) is 8.78. The number of rotatable bonds is 6. The van der Waals surface area contributed by atoms with Crippen molar-refractivity contribution in [1.82, 2.24) is 4.90 Å². The van der Waals surface area contributed by atoms with Gasteiger partial charge >= 0.3 is 0 Å². The molecule has 0 aliphatic carbocycles. The molecule has 2 aromatic rings. The van der Waals surface area contributed by atoms with Gasteiger partial charge in [0.25, 0.3) is 0 Å². The van der Waals surface area contributed by atoms with Crippen molar-refractivity contribution in [3.8, 4) is 11.5 Å². The Hall–Kier alpha value is -1.71. The van der Waals surface area contributed by atoms with Crippen molar-refractivity contribution in [3.05, 3.63) is 59.7 Å². The van der Waals surface area contributed by atoms with Gasteiger partial charge in [0.1, 0.15) is 18.1 Å². The second-order valence-corrected chi connectivity index (χ2v) is 8.78. The van der Waals surface area contributed by atoms with Gasteiger partial charge in [-0.1, -0.05) is 45.0 Å². The van der Waals surface area contributed by atoms with Crippen LogP contribution < -0.4 is 4.74 Å². The molecule has 1 heterocycles. The van der Waals surface area contributed by atoms with Gasteiger partial charge in [-0.05, 0) is 79.1 Å². The lowest BCUT2D eigenvalue weighted by Gasteiger charge is -2.32. The molecule has 4 heteroatoms. The van der Waals surface area contributed by atoms with Crippen LogP contribution in [0.4, 0.5) is 0 Å². The van der Waals surface area contributed by atoms with Crippen molar-refractivity contribution in [2.45, 2.75) is 45.4 Å². The van der Waals surface area contributed by atoms with Gasteiger partial charge in [0.2, 0.25) is 0 Å². The third-order valence-electron chi connectivity index (χ3n) is 5.56. The first-order valence-electron chi connectivity index (χ1n) is 10.1. The Kier molecular flexibility index (Phi) is 8.21. The molecule has 1 aliphatic heterocycles. The zero-order valence-electron chi connectivity index (χ0n) is 17.4. The van der Waals surface area contributed by atoms with Crippen molar-refractivity contribution in [2.75, 3.05) is 26.2 Å². The lowest BCUT2D eigenvalue weighted by molar-refractivity contribution is 0.155. The smallest absolute Gasteiger partial charge is 0.119 e. The van der Waals surface area contributed by atoms with E-state index < -0.39 is 0 Å². The summed E-state index contributed by atoms with van der Waals surface area (Å²) in [5.74, 6) is 1.89. The molecular weight excluding hydrogens is 370 g/mol. The fraction of sp³-hybridized carbons (Fsp3) is 0.500. The van der Waals surface area contributed by atoms with Gasteiger partial charge in [-0.25, -0.2) is 0 Å². The van der Waals surface area contributed by atoms with Gasteiger partial charge in [0.05, 0.1) is 0 Å². The Bertz CT molecular complexity index is 699. The predicted octanol–water partition coefficient (Wildman–Crippen LogP) is 5.45. The van der Waals surface area contributed by atoms with Crippen LogP contribution in [0.15, 0.2) is 48.5 Å². The van der Waals surface area contributed by atoms with Crippen LogP contribution in [0.3, 0.4) is 0 Å². The number of phenolic OH excluding ortho intramolecular Hbond substituents is 1. The quantitative estimate of drug-likeness (QED) is 0.696. The topological polar surface area (TPSA) is 32.7 Å². The number of benzene rings is 2. The SMILES string of the molecule is CC(C)(C)c1ccc(CC2CCN(CCOc3ccc(O)cc3)CC2)cc1.Cl. The number of halogens is 1. The highest BCUT2D eigenvalue weighted by molar-refractivity contribution is 5.85. The molecule has 28 heavy (non-hydrogen) atoms. The molecular formula is C24H34ClNO2. The van der Waals surface area contributed by atoms with Crippen LogP contribution in [0.2, 0.25) is 0 Å². The Morgan fingerprint density at radius 2 is 1.57 bits per heavy atom. The number of piperidine rings is 1. The maximum atomic E-state index is 9.30. The van der Waals surface area contributed by atoms with E-state index in [1.54, 1.807) is 12.1 Å². The highest BCUT2D eigenvalue weighted by Crippen LogP contribution is 2.25. The van der Waals surface area contributed by atoms with E-state index in [1.807, 2.05) is 12.1 Å². The molecule has 0 aromatic heterocycles. The molecule has 1 N–H and O–H groups in total. The minimum atomic E-state index is 0. The molecule has 1 fully saturated rings. The number of hydrogen-bond donors (Lipinski definition) is 1. The standard InChI is InChI=1S/C24H33NO2.ClH/c1-24(2,3)21-6-4-19(5-7-21)18-20-12-14-25(15-13-20)16-17-27-23-10-8-22(26)9-11-23;/h4-11,20,26H,12-18H2,1-3H3;1H. The molecule has 0 unspecified atom stereocenters. The van der Waals surface area contributed by atoms with E-state index in [0.29, 0.717) is 6.61 Å². The number of phenols is 1. The average molecular weight is 404 g/mol. The zero-order chi connectivity index (χ0) is 19.3. The predicted molar refractivity (Wildman–Crippen MR) is 119 cm³/mol. The molecule has 0 spiro atoms. The molecule has 2 aromatic carbocycles. The van der Waals surface area contributed by atoms with Crippen LogP contribution in [-0.2, 0) is 11.8 Å². The summed E-state index contributed by atoms with van der Waals surface area (Å²) < 4.78 is 5.77. The van der Waals surface area contributed by atoms with Gasteiger partial charge in [-0.3, -0.25) is 4.90 Å². The summed E-state index contributed by atoms with van der Waals surface area (Å²) in [6.45, 7) is 10.8. The number of nitrogens with zero attached hydrogens (tertiary/aromatic N) is 1. The molecule has 0 saturated carbocycles. The normalized spacial score (nSPS) is 15.8. The average Bonchev–Trinajstić information content (AvgIpc) is 2.64. The Morgan fingerprint density at radius 1 is 0.964 bits per heavy atom. The van der Waals surface area contributed by atoms with Crippen LogP contribution in [0.1, 0.15) is 44.7 Å². The minimum Gasteiger partial charge on any atom is -0.508 e.